The van der Waals surface area contributed by atoms with E-state index >= 15 is 0 Å². The van der Waals surface area contributed by atoms with Gasteiger partial charge < -0.3 is 10.1 Å². The summed E-state index contributed by atoms with van der Waals surface area (Å²) in [4.78, 5) is 16.0. The van der Waals surface area contributed by atoms with E-state index in [1.54, 1.807) is 24.6 Å². The maximum atomic E-state index is 11.7. The molecule has 1 aromatic heterocycles. The molecule has 18 heavy (non-hydrogen) atoms. The fourth-order valence-corrected chi connectivity index (χ4v) is 2.27. The second kappa shape index (κ2) is 6.82. The second-order valence-corrected chi connectivity index (χ2v) is 5.63. The first-order valence-corrected chi connectivity index (χ1v) is 6.77. The molecule has 1 unspecified atom stereocenters. The normalized spacial score (nSPS) is 13.3. The summed E-state index contributed by atoms with van der Waals surface area (Å²) in [5, 5.41) is 8.96. The van der Waals surface area contributed by atoms with Gasteiger partial charge in [-0.25, -0.2) is 4.98 Å². The van der Waals surface area contributed by atoms with Crippen LogP contribution in [-0.2, 0) is 15.1 Å². The van der Waals surface area contributed by atoms with Gasteiger partial charge in [0.05, 0.1) is 18.7 Å². The Hall–Kier alpha value is -0.980. The molecule has 1 aromatic rings. The maximum Gasteiger partial charge on any atom is 0.234 e. The van der Waals surface area contributed by atoms with Crippen molar-refractivity contribution >= 4 is 17.2 Å². The monoisotopic (exact) mass is 271 g/mol. The van der Waals surface area contributed by atoms with Crippen molar-refractivity contribution < 1.29 is 9.53 Å². The lowest BCUT2D eigenvalue weighted by atomic mass is 10.1. The number of methoxy groups -OCH3 is 1. The number of hydrogen-bond donors (Lipinski definition) is 2. The van der Waals surface area contributed by atoms with Crippen molar-refractivity contribution in [1.82, 2.24) is 15.6 Å². The third-order valence-electron chi connectivity index (χ3n) is 2.48. The molecular weight excluding hydrogens is 250 g/mol. The molecule has 1 heterocycles. The number of carbonyl (C=O) groups excluding carboxylic acids is 1. The van der Waals surface area contributed by atoms with Crippen molar-refractivity contribution in [2.45, 2.75) is 32.4 Å². The number of nitrogens with one attached hydrogen (secondary N) is 2. The van der Waals surface area contributed by atoms with Crippen molar-refractivity contribution in [2.75, 3.05) is 20.3 Å². The van der Waals surface area contributed by atoms with Gasteiger partial charge in [0.1, 0.15) is 5.01 Å². The molecule has 0 fully saturated rings. The minimum Gasteiger partial charge on any atom is -0.383 e. The number of thiazole rings is 1. The third kappa shape index (κ3) is 4.72. The summed E-state index contributed by atoms with van der Waals surface area (Å²) >= 11 is 1.58. The second-order valence-electron chi connectivity index (χ2n) is 4.74. The molecule has 0 radical (unpaired) electrons. The van der Waals surface area contributed by atoms with Crippen LogP contribution in [0, 0.1) is 0 Å². The highest BCUT2D eigenvalue weighted by Crippen LogP contribution is 2.21. The predicted octanol–water partition coefficient (Wildman–Crippen LogP) is 1.12. The van der Waals surface area contributed by atoms with E-state index in [0.717, 1.165) is 5.01 Å². The molecular formula is C12H21N3O2S. The summed E-state index contributed by atoms with van der Waals surface area (Å²) in [6.07, 6.45) is 1.77. The molecule has 0 aromatic carbocycles. The molecule has 1 amide bonds. The van der Waals surface area contributed by atoms with Crippen LogP contribution >= 0.6 is 11.3 Å². The Morgan fingerprint density at radius 3 is 2.89 bits per heavy atom. The first-order valence-electron chi connectivity index (χ1n) is 5.89. The van der Waals surface area contributed by atoms with Crippen LogP contribution in [0.4, 0.5) is 0 Å². The fourth-order valence-electron chi connectivity index (χ4n) is 1.53. The van der Waals surface area contributed by atoms with Crippen molar-refractivity contribution in [3.05, 3.63) is 16.6 Å². The first kappa shape index (κ1) is 15.1. The highest BCUT2D eigenvalue weighted by Gasteiger charge is 2.23. The number of carbonyl (C=O) groups is 1. The third-order valence-corrected chi connectivity index (χ3v) is 3.58. The Labute approximate surface area is 112 Å². The van der Waals surface area contributed by atoms with Crippen molar-refractivity contribution in [3.8, 4) is 0 Å². The molecule has 0 bridgehead atoms. The zero-order chi connectivity index (χ0) is 13.6. The molecule has 0 aliphatic heterocycles. The number of hydrogen-bond acceptors (Lipinski definition) is 5. The van der Waals surface area contributed by atoms with Gasteiger partial charge in [-0.15, -0.1) is 11.3 Å². The molecule has 6 heteroatoms. The molecule has 0 saturated heterocycles. The molecule has 1 rings (SSSR count). The fraction of sp³-hybridized carbons (Fsp3) is 0.667. The molecule has 5 nitrogen and oxygen atoms in total. The van der Waals surface area contributed by atoms with E-state index in [9.17, 15) is 4.79 Å². The topological polar surface area (TPSA) is 63.2 Å². The lowest BCUT2D eigenvalue weighted by molar-refractivity contribution is -0.121. The predicted molar refractivity (Wildman–Crippen MR) is 72.6 cm³/mol. The van der Waals surface area contributed by atoms with E-state index in [2.05, 4.69) is 15.6 Å². The smallest absolute Gasteiger partial charge is 0.234 e. The average Bonchev–Trinajstić information content (AvgIpc) is 2.81. The summed E-state index contributed by atoms with van der Waals surface area (Å²) in [5.41, 5.74) is -0.296. The van der Waals surface area contributed by atoms with Crippen LogP contribution in [0.1, 0.15) is 25.8 Å². The largest absolute Gasteiger partial charge is 0.383 e. The minimum absolute atomic E-state index is 0.0206. The van der Waals surface area contributed by atoms with Crippen LogP contribution in [0.15, 0.2) is 11.6 Å². The Kier molecular flexibility index (Phi) is 5.71. The number of amides is 1. The van der Waals surface area contributed by atoms with Gasteiger partial charge in [-0.2, -0.15) is 0 Å². The molecule has 0 aliphatic carbocycles. The standard InChI is InChI=1S/C12H21N3O2S/c1-9(8-17-4)15-10(16)7-14-12(2,3)11-13-5-6-18-11/h5-6,9,14H,7-8H2,1-4H3,(H,15,16). The van der Waals surface area contributed by atoms with Gasteiger partial charge in [0.15, 0.2) is 0 Å². The molecule has 102 valence electrons. The van der Waals surface area contributed by atoms with Gasteiger partial charge in [0, 0.05) is 24.7 Å². The summed E-state index contributed by atoms with van der Waals surface area (Å²) < 4.78 is 4.97. The first-order chi connectivity index (χ1) is 8.45. The van der Waals surface area contributed by atoms with E-state index in [-0.39, 0.29) is 24.0 Å². The van der Waals surface area contributed by atoms with Crippen LogP contribution in [0.25, 0.3) is 0 Å². The van der Waals surface area contributed by atoms with Gasteiger partial charge in [-0.1, -0.05) is 0 Å². The number of nitrogens with zero attached hydrogens (tertiary/aromatic N) is 1. The Morgan fingerprint density at radius 2 is 2.33 bits per heavy atom. The van der Waals surface area contributed by atoms with Gasteiger partial charge in [-0.3, -0.25) is 10.1 Å². The maximum absolute atomic E-state index is 11.7. The lowest BCUT2D eigenvalue weighted by Crippen LogP contribution is -2.46. The summed E-state index contributed by atoms with van der Waals surface area (Å²) in [6, 6.07) is 0.0206. The van der Waals surface area contributed by atoms with Crippen molar-refractivity contribution in [1.29, 1.82) is 0 Å². The quantitative estimate of drug-likeness (QED) is 0.780. The zero-order valence-electron chi connectivity index (χ0n) is 11.3. The van der Waals surface area contributed by atoms with E-state index < -0.39 is 0 Å². The molecule has 0 aliphatic rings. The Morgan fingerprint density at radius 1 is 1.61 bits per heavy atom. The van der Waals surface area contributed by atoms with Gasteiger partial charge in [0.2, 0.25) is 5.91 Å². The molecule has 2 N–H and O–H groups in total. The lowest BCUT2D eigenvalue weighted by Gasteiger charge is -2.24. The van der Waals surface area contributed by atoms with Crippen LogP contribution in [0.5, 0.6) is 0 Å². The molecule has 0 saturated carbocycles. The summed E-state index contributed by atoms with van der Waals surface area (Å²) in [5.74, 6) is -0.0378. The highest BCUT2D eigenvalue weighted by molar-refractivity contribution is 7.09. The van der Waals surface area contributed by atoms with Crippen LogP contribution in [0.3, 0.4) is 0 Å². The van der Waals surface area contributed by atoms with E-state index in [0.29, 0.717) is 6.61 Å². The van der Waals surface area contributed by atoms with E-state index in [4.69, 9.17) is 4.74 Å². The number of rotatable bonds is 7. The van der Waals surface area contributed by atoms with Gasteiger partial charge in [0.25, 0.3) is 0 Å². The van der Waals surface area contributed by atoms with Crippen molar-refractivity contribution in [2.24, 2.45) is 0 Å². The minimum atomic E-state index is -0.296. The summed E-state index contributed by atoms with van der Waals surface area (Å²) in [6.45, 7) is 6.71. The van der Waals surface area contributed by atoms with Crippen LogP contribution in [0.2, 0.25) is 0 Å². The van der Waals surface area contributed by atoms with Gasteiger partial charge in [-0.05, 0) is 20.8 Å². The molecule has 0 spiro atoms. The van der Waals surface area contributed by atoms with Gasteiger partial charge >= 0.3 is 0 Å². The number of aromatic nitrogens is 1. The van der Waals surface area contributed by atoms with Crippen molar-refractivity contribution in [3.63, 3.8) is 0 Å². The average molecular weight is 271 g/mol. The Bertz CT molecular complexity index is 365. The molecule has 1 atom stereocenters. The highest BCUT2D eigenvalue weighted by atomic mass is 32.1. The van der Waals surface area contributed by atoms with E-state index in [1.807, 2.05) is 26.2 Å². The van der Waals surface area contributed by atoms with Crippen LogP contribution in [-0.4, -0.2) is 37.2 Å². The SMILES string of the molecule is COCC(C)NC(=O)CNC(C)(C)c1nccs1. The zero-order valence-corrected chi connectivity index (χ0v) is 12.1. The summed E-state index contributed by atoms with van der Waals surface area (Å²) in [7, 11) is 1.62. The van der Waals surface area contributed by atoms with Crippen LogP contribution < -0.4 is 10.6 Å². The Balaban J connectivity index is 2.38. The van der Waals surface area contributed by atoms with E-state index in [1.165, 1.54) is 0 Å². The number of ether oxygens (including phenoxy) is 1.